The van der Waals surface area contributed by atoms with E-state index in [1.807, 2.05) is 32.0 Å². The molecular weight excluding hydrogens is 296 g/mol. The molecule has 0 atom stereocenters. The van der Waals surface area contributed by atoms with Crippen LogP contribution < -0.4 is 4.72 Å². The molecule has 1 aromatic rings. The molecule has 0 aromatic heterocycles. The van der Waals surface area contributed by atoms with Crippen molar-refractivity contribution in [2.24, 2.45) is 0 Å². The second-order valence-electron chi connectivity index (χ2n) is 5.51. The van der Waals surface area contributed by atoms with Crippen LogP contribution in [0.4, 0.5) is 0 Å². The molecule has 1 aromatic carbocycles. The SMILES string of the molecule is CC(C)NS(=O)(=O)N1CCC(c2cccc(Cl)c2)CC1. The third kappa shape index (κ3) is 3.95. The summed E-state index contributed by atoms with van der Waals surface area (Å²) in [5.74, 6) is 0.388. The Morgan fingerprint density at radius 2 is 1.95 bits per heavy atom. The lowest BCUT2D eigenvalue weighted by molar-refractivity contribution is 0.314. The molecule has 1 saturated heterocycles. The Morgan fingerprint density at radius 1 is 1.30 bits per heavy atom. The monoisotopic (exact) mass is 316 g/mol. The summed E-state index contributed by atoms with van der Waals surface area (Å²) in [6.07, 6.45) is 1.67. The largest absolute Gasteiger partial charge is 0.279 e. The number of benzene rings is 1. The van der Waals surface area contributed by atoms with E-state index >= 15 is 0 Å². The van der Waals surface area contributed by atoms with Crippen LogP contribution in [0.5, 0.6) is 0 Å². The molecule has 6 heteroatoms. The van der Waals surface area contributed by atoms with Crippen molar-refractivity contribution in [2.45, 2.75) is 38.6 Å². The standard InChI is InChI=1S/C14H21ClN2O2S/c1-11(2)16-20(18,19)17-8-6-12(7-9-17)13-4-3-5-14(15)10-13/h3-5,10-12,16H,6-9H2,1-2H3. The number of nitrogens with one attached hydrogen (secondary N) is 1. The summed E-state index contributed by atoms with van der Waals surface area (Å²) in [5.41, 5.74) is 1.20. The second-order valence-corrected chi connectivity index (χ2v) is 7.64. The van der Waals surface area contributed by atoms with Crippen LogP contribution in [0.3, 0.4) is 0 Å². The Labute approximate surface area is 126 Å². The van der Waals surface area contributed by atoms with Crippen molar-refractivity contribution < 1.29 is 8.42 Å². The minimum atomic E-state index is -3.34. The molecular formula is C14H21ClN2O2S. The molecule has 0 unspecified atom stereocenters. The molecule has 1 aliphatic heterocycles. The van der Waals surface area contributed by atoms with E-state index in [1.54, 1.807) is 0 Å². The van der Waals surface area contributed by atoms with Gasteiger partial charge in [0.1, 0.15) is 0 Å². The lowest BCUT2D eigenvalue weighted by atomic mass is 9.90. The minimum Gasteiger partial charge on any atom is -0.200 e. The molecule has 2 rings (SSSR count). The first-order valence-corrected chi connectivity index (χ1v) is 8.73. The van der Waals surface area contributed by atoms with Crippen molar-refractivity contribution in [1.29, 1.82) is 0 Å². The molecule has 0 aliphatic carbocycles. The van der Waals surface area contributed by atoms with Gasteiger partial charge in [0.15, 0.2) is 0 Å². The number of piperidine rings is 1. The average molecular weight is 317 g/mol. The molecule has 112 valence electrons. The van der Waals surface area contributed by atoms with E-state index in [-0.39, 0.29) is 6.04 Å². The normalized spacial score (nSPS) is 18.6. The molecule has 0 bridgehead atoms. The Bertz CT molecular complexity index is 552. The van der Waals surface area contributed by atoms with E-state index in [4.69, 9.17) is 11.6 Å². The highest BCUT2D eigenvalue weighted by atomic mass is 35.5. The van der Waals surface area contributed by atoms with Gasteiger partial charge in [-0.25, -0.2) is 0 Å². The summed E-state index contributed by atoms with van der Waals surface area (Å²) >= 11 is 6.01. The fourth-order valence-corrected chi connectivity index (χ4v) is 4.20. The lowest BCUT2D eigenvalue weighted by Gasteiger charge is -2.32. The predicted molar refractivity (Wildman–Crippen MR) is 82.2 cm³/mol. The van der Waals surface area contributed by atoms with Crippen molar-refractivity contribution >= 4 is 21.8 Å². The Kier molecular flexibility index (Phi) is 5.07. The Hall–Kier alpha value is -0.620. The lowest BCUT2D eigenvalue weighted by Crippen LogP contribution is -2.46. The van der Waals surface area contributed by atoms with Crippen LogP contribution >= 0.6 is 11.6 Å². The zero-order valence-corrected chi connectivity index (χ0v) is 13.4. The van der Waals surface area contributed by atoms with E-state index in [9.17, 15) is 8.42 Å². The van der Waals surface area contributed by atoms with Crippen LogP contribution in [0.15, 0.2) is 24.3 Å². The van der Waals surface area contributed by atoms with E-state index in [0.717, 1.165) is 17.9 Å². The van der Waals surface area contributed by atoms with Gasteiger partial charge >= 0.3 is 0 Å². The Balaban J connectivity index is 1.99. The summed E-state index contributed by atoms with van der Waals surface area (Å²) in [7, 11) is -3.34. The predicted octanol–water partition coefficient (Wildman–Crippen LogP) is 2.76. The van der Waals surface area contributed by atoms with Gasteiger partial charge in [-0.2, -0.15) is 17.4 Å². The molecule has 0 saturated carbocycles. The smallest absolute Gasteiger partial charge is 0.200 e. The third-order valence-electron chi connectivity index (χ3n) is 3.50. The molecule has 0 spiro atoms. The van der Waals surface area contributed by atoms with Crippen LogP contribution in [0.1, 0.15) is 38.2 Å². The van der Waals surface area contributed by atoms with Crippen LogP contribution in [0.25, 0.3) is 0 Å². The first-order chi connectivity index (χ1) is 9.38. The molecule has 1 aliphatic rings. The van der Waals surface area contributed by atoms with Gasteiger partial charge in [-0.15, -0.1) is 0 Å². The van der Waals surface area contributed by atoms with Crippen LogP contribution in [0, 0.1) is 0 Å². The van der Waals surface area contributed by atoms with Crippen molar-refractivity contribution in [3.8, 4) is 0 Å². The molecule has 4 nitrogen and oxygen atoms in total. The van der Waals surface area contributed by atoms with Gasteiger partial charge in [0, 0.05) is 24.2 Å². The number of hydrogen-bond acceptors (Lipinski definition) is 2. The van der Waals surface area contributed by atoms with Crippen molar-refractivity contribution in [2.75, 3.05) is 13.1 Å². The molecule has 1 N–H and O–H groups in total. The van der Waals surface area contributed by atoms with Crippen molar-refractivity contribution in [3.05, 3.63) is 34.9 Å². The summed E-state index contributed by atoms with van der Waals surface area (Å²) in [6.45, 7) is 4.77. The number of nitrogens with zero attached hydrogens (tertiary/aromatic N) is 1. The molecule has 20 heavy (non-hydrogen) atoms. The molecule has 1 heterocycles. The van der Waals surface area contributed by atoms with Crippen LogP contribution in [0.2, 0.25) is 5.02 Å². The maximum absolute atomic E-state index is 12.1. The number of rotatable bonds is 4. The Morgan fingerprint density at radius 3 is 2.50 bits per heavy atom. The summed E-state index contributed by atoms with van der Waals surface area (Å²) in [6, 6.07) is 7.76. The molecule has 0 amide bonds. The van der Waals surface area contributed by atoms with E-state index in [0.29, 0.717) is 19.0 Å². The zero-order chi connectivity index (χ0) is 14.8. The first kappa shape index (κ1) is 15.8. The quantitative estimate of drug-likeness (QED) is 0.928. The van der Waals surface area contributed by atoms with Gasteiger partial charge in [0.2, 0.25) is 0 Å². The number of hydrogen-bond donors (Lipinski definition) is 1. The summed E-state index contributed by atoms with van der Waals surface area (Å²) in [5, 5.41) is 0.735. The van der Waals surface area contributed by atoms with Gasteiger partial charge in [-0.05, 0) is 50.3 Å². The minimum absolute atomic E-state index is 0.0781. The van der Waals surface area contributed by atoms with E-state index in [1.165, 1.54) is 9.87 Å². The maximum atomic E-state index is 12.1. The van der Waals surface area contributed by atoms with Gasteiger partial charge in [-0.3, -0.25) is 0 Å². The first-order valence-electron chi connectivity index (χ1n) is 6.91. The van der Waals surface area contributed by atoms with E-state index < -0.39 is 10.2 Å². The van der Waals surface area contributed by atoms with Gasteiger partial charge < -0.3 is 0 Å². The summed E-state index contributed by atoms with van der Waals surface area (Å²) in [4.78, 5) is 0. The fourth-order valence-electron chi connectivity index (χ4n) is 2.56. The average Bonchev–Trinajstić information content (AvgIpc) is 2.37. The summed E-state index contributed by atoms with van der Waals surface area (Å²) < 4.78 is 28.3. The highest BCUT2D eigenvalue weighted by Gasteiger charge is 2.28. The van der Waals surface area contributed by atoms with Crippen molar-refractivity contribution in [1.82, 2.24) is 9.03 Å². The van der Waals surface area contributed by atoms with E-state index in [2.05, 4.69) is 10.8 Å². The second kappa shape index (κ2) is 6.43. The highest BCUT2D eigenvalue weighted by molar-refractivity contribution is 7.87. The van der Waals surface area contributed by atoms with Gasteiger partial charge in [0.05, 0.1) is 0 Å². The number of halogens is 1. The van der Waals surface area contributed by atoms with Crippen molar-refractivity contribution in [3.63, 3.8) is 0 Å². The topological polar surface area (TPSA) is 49.4 Å². The zero-order valence-electron chi connectivity index (χ0n) is 11.8. The fraction of sp³-hybridized carbons (Fsp3) is 0.571. The molecule has 0 radical (unpaired) electrons. The van der Waals surface area contributed by atoms with Crippen LogP contribution in [-0.4, -0.2) is 31.9 Å². The van der Waals surface area contributed by atoms with Crippen LogP contribution in [-0.2, 0) is 10.2 Å². The third-order valence-corrected chi connectivity index (χ3v) is 5.55. The molecule has 1 fully saturated rings. The highest BCUT2D eigenvalue weighted by Crippen LogP contribution is 2.30. The van der Waals surface area contributed by atoms with Gasteiger partial charge in [0.25, 0.3) is 10.2 Å². The maximum Gasteiger partial charge on any atom is 0.279 e. The van der Waals surface area contributed by atoms with Gasteiger partial charge in [-0.1, -0.05) is 23.7 Å².